The Bertz CT molecular complexity index is 556. The molecule has 2 aromatic rings. The maximum atomic E-state index is 3.52. The van der Waals surface area contributed by atoms with Crippen LogP contribution in [0.2, 0.25) is 0 Å². The number of aryl methyl sites for hydroxylation is 1. The maximum absolute atomic E-state index is 3.52. The Labute approximate surface area is 109 Å². The van der Waals surface area contributed by atoms with Crippen LogP contribution in [0.4, 0.5) is 5.69 Å². The van der Waals surface area contributed by atoms with Gasteiger partial charge in [0.05, 0.1) is 0 Å². The fourth-order valence-electron chi connectivity index (χ4n) is 2.85. The molecule has 0 amide bonds. The molecule has 0 spiro atoms. The van der Waals surface area contributed by atoms with E-state index in [2.05, 4.69) is 67.7 Å². The highest BCUT2D eigenvalue weighted by Gasteiger charge is 2.35. The summed E-state index contributed by atoms with van der Waals surface area (Å²) in [5, 5.41) is 3.52. The Morgan fingerprint density at radius 1 is 1.06 bits per heavy atom. The van der Waals surface area contributed by atoms with Crippen molar-refractivity contribution in [2.45, 2.75) is 25.7 Å². The van der Waals surface area contributed by atoms with Gasteiger partial charge in [-0.1, -0.05) is 49.4 Å². The van der Waals surface area contributed by atoms with Crippen LogP contribution in [0.5, 0.6) is 0 Å². The van der Waals surface area contributed by atoms with Gasteiger partial charge in [0.2, 0.25) is 0 Å². The van der Waals surface area contributed by atoms with Gasteiger partial charge in [0.25, 0.3) is 0 Å². The number of hydrogen-bond acceptors (Lipinski definition) is 1. The van der Waals surface area contributed by atoms with Crippen LogP contribution in [0.1, 0.15) is 30.5 Å². The van der Waals surface area contributed by atoms with Crippen molar-refractivity contribution in [1.29, 1.82) is 0 Å². The second-order valence-electron chi connectivity index (χ2n) is 5.28. The summed E-state index contributed by atoms with van der Waals surface area (Å²) in [6.07, 6.45) is 1.10. The number of fused-ring (bicyclic) bond motifs is 1. The molecule has 0 saturated carbocycles. The molecule has 1 aliphatic rings. The summed E-state index contributed by atoms with van der Waals surface area (Å²) in [6.45, 7) is 5.51. The van der Waals surface area contributed by atoms with E-state index in [9.17, 15) is 0 Å². The molecule has 0 saturated heterocycles. The first kappa shape index (κ1) is 11.3. The minimum absolute atomic E-state index is 0.100. The number of benzene rings is 2. The molecule has 1 unspecified atom stereocenters. The Hall–Kier alpha value is -1.76. The molecule has 1 aliphatic heterocycles. The van der Waals surface area contributed by atoms with Crippen molar-refractivity contribution in [3.63, 3.8) is 0 Å². The van der Waals surface area contributed by atoms with E-state index in [1.54, 1.807) is 0 Å². The van der Waals surface area contributed by atoms with Crippen molar-refractivity contribution < 1.29 is 0 Å². The van der Waals surface area contributed by atoms with Crippen LogP contribution in [-0.2, 0) is 11.8 Å². The third-order valence-corrected chi connectivity index (χ3v) is 4.15. The molecule has 92 valence electrons. The molecule has 0 bridgehead atoms. The Balaban J connectivity index is 2.05. The SMILES string of the molecule is CCc1ccc(C2(C)CNc3ccccc32)cc1. The Morgan fingerprint density at radius 3 is 2.50 bits per heavy atom. The van der Waals surface area contributed by atoms with Gasteiger partial charge in [0.1, 0.15) is 0 Å². The summed E-state index contributed by atoms with van der Waals surface area (Å²) in [4.78, 5) is 0. The second-order valence-corrected chi connectivity index (χ2v) is 5.28. The highest BCUT2D eigenvalue weighted by atomic mass is 14.9. The molecule has 3 rings (SSSR count). The molecule has 0 fully saturated rings. The highest BCUT2D eigenvalue weighted by molar-refractivity contribution is 5.63. The van der Waals surface area contributed by atoms with E-state index in [0.717, 1.165) is 13.0 Å². The van der Waals surface area contributed by atoms with Gasteiger partial charge in [-0.3, -0.25) is 0 Å². The van der Waals surface area contributed by atoms with Crippen molar-refractivity contribution in [2.24, 2.45) is 0 Å². The van der Waals surface area contributed by atoms with Crippen LogP contribution in [0.15, 0.2) is 48.5 Å². The standard InChI is InChI=1S/C17H19N/c1-3-13-8-10-14(11-9-13)17(2)12-18-16-7-5-4-6-15(16)17/h4-11,18H,3,12H2,1-2H3. The lowest BCUT2D eigenvalue weighted by Crippen LogP contribution is -2.25. The smallest absolute Gasteiger partial charge is 0.0382 e. The first-order valence-corrected chi connectivity index (χ1v) is 6.67. The van der Waals surface area contributed by atoms with Crippen molar-refractivity contribution in [3.8, 4) is 0 Å². The van der Waals surface area contributed by atoms with Gasteiger partial charge in [-0.05, 0) is 36.1 Å². The lowest BCUT2D eigenvalue weighted by atomic mass is 9.78. The van der Waals surface area contributed by atoms with Crippen molar-refractivity contribution in [2.75, 3.05) is 11.9 Å². The molecule has 1 atom stereocenters. The molecular weight excluding hydrogens is 218 g/mol. The first-order valence-electron chi connectivity index (χ1n) is 6.67. The summed E-state index contributed by atoms with van der Waals surface area (Å²) in [5.41, 5.74) is 5.59. The van der Waals surface area contributed by atoms with Crippen molar-refractivity contribution in [3.05, 3.63) is 65.2 Å². The number of hydrogen-bond donors (Lipinski definition) is 1. The number of nitrogens with one attached hydrogen (secondary N) is 1. The van der Waals surface area contributed by atoms with E-state index < -0.39 is 0 Å². The topological polar surface area (TPSA) is 12.0 Å². The highest BCUT2D eigenvalue weighted by Crippen LogP contribution is 2.41. The zero-order chi connectivity index (χ0) is 12.6. The fraction of sp³-hybridized carbons (Fsp3) is 0.294. The fourth-order valence-corrected chi connectivity index (χ4v) is 2.85. The quantitative estimate of drug-likeness (QED) is 0.833. The lowest BCUT2D eigenvalue weighted by molar-refractivity contribution is 0.635. The van der Waals surface area contributed by atoms with Gasteiger partial charge < -0.3 is 5.32 Å². The van der Waals surface area contributed by atoms with Gasteiger partial charge >= 0.3 is 0 Å². The van der Waals surface area contributed by atoms with Crippen LogP contribution in [0.25, 0.3) is 0 Å². The van der Waals surface area contributed by atoms with Gasteiger partial charge in [-0.25, -0.2) is 0 Å². The average Bonchev–Trinajstić information content (AvgIpc) is 2.78. The number of anilines is 1. The maximum Gasteiger partial charge on any atom is 0.0382 e. The number of rotatable bonds is 2. The largest absolute Gasteiger partial charge is 0.384 e. The van der Waals surface area contributed by atoms with E-state index in [1.807, 2.05) is 0 Å². The third-order valence-electron chi connectivity index (χ3n) is 4.15. The molecule has 1 heterocycles. The molecule has 0 radical (unpaired) electrons. The molecule has 2 aromatic carbocycles. The summed E-state index contributed by atoms with van der Waals surface area (Å²) in [5.74, 6) is 0. The van der Waals surface area contributed by atoms with Crippen LogP contribution in [0.3, 0.4) is 0 Å². The molecule has 1 heteroatoms. The second kappa shape index (κ2) is 4.16. The third kappa shape index (κ3) is 1.62. The normalized spacial score (nSPS) is 21.4. The van der Waals surface area contributed by atoms with E-state index in [0.29, 0.717) is 0 Å². The zero-order valence-electron chi connectivity index (χ0n) is 11.0. The van der Waals surface area contributed by atoms with E-state index >= 15 is 0 Å². The summed E-state index contributed by atoms with van der Waals surface area (Å²) in [6, 6.07) is 17.7. The van der Waals surface area contributed by atoms with Crippen molar-refractivity contribution >= 4 is 5.69 Å². The van der Waals surface area contributed by atoms with Crippen LogP contribution in [0, 0.1) is 0 Å². The predicted octanol–water partition coefficient (Wildman–Crippen LogP) is 3.98. The van der Waals surface area contributed by atoms with Crippen LogP contribution in [-0.4, -0.2) is 6.54 Å². The number of para-hydroxylation sites is 1. The Kier molecular flexibility index (Phi) is 2.62. The van der Waals surface area contributed by atoms with Gasteiger partial charge in [0, 0.05) is 17.6 Å². The Morgan fingerprint density at radius 2 is 1.78 bits per heavy atom. The zero-order valence-corrected chi connectivity index (χ0v) is 11.0. The minimum Gasteiger partial charge on any atom is -0.384 e. The molecule has 18 heavy (non-hydrogen) atoms. The predicted molar refractivity (Wildman–Crippen MR) is 77.2 cm³/mol. The van der Waals surface area contributed by atoms with Crippen LogP contribution >= 0.6 is 0 Å². The lowest BCUT2D eigenvalue weighted by Gasteiger charge is -2.25. The van der Waals surface area contributed by atoms with E-state index in [1.165, 1.54) is 22.4 Å². The van der Waals surface area contributed by atoms with E-state index in [4.69, 9.17) is 0 Å². The summed E-state index contributed by atoms with van der Waals surface area (Å²) < 4.78 is 0. The molecular formula is C17H19N. The molecule has 1 nitrogen and oxygen atoms in total. The summed E-state index contributed by atoms with van der Waals surface area (Å²) >= 11 is 0. The van der Waals surface area contributed by atoms with Crippen LogP contribution < -0.4 is 5.32 Å². The average molecular weight is 237 g/mol. The molecule has 0 aromatic heterocycles. The summed E-state index contributed by atoms with van der Waals surface area (Å²) in [7, 11) is 0. The first-order chi connectivity index (χ1) is 8.74. The monoisotopic (exact) mass is 237 g/mol. The minimum atomic E-state index is 0.100. The van der Waals surface area contributed by atoms with E-state index in [-0.39, 0.29) is 5.41 Å². The van der Waals surface area contributed by atoms with Crippen molar-refractivity contribution in [1.82, 2.24) is 0 Å². The molecule has 0 aliphatic carbocycles. The van der Waals surface area contributed by atoms with Gasteiger partial charge in [-0.15, -0.1) is 0 Å². The van der Waals surface area contributed by atoms with Gasteiger partial charge in [0.15, 0.2) is 0 Å². The van der Waals surface area contributed by atoms with Gasteiger partial charge in [-0.2, -0.15) is 0 Å². The molecule has 1 N–H and O–H groups in total.